The van der Waals surface area contributed by atoms with Crippen molar-refractivity contribution in [3.63, 3.8) is 0 Å². The Morgan fingerprint density at radius 3 is 2.76 bits per heavy atom. The summed E-state index contributed by atoms with van der Waals surface area (Å²) in [6.07, 6.45) is 0. The highest BCUT2D eigenvalue weighted by Gasteiger charge is 2.17. The smallest absolute Gasteiger partial charge is 0.320 e. The Balaban J connectivity index is 2.53. The highest BCUT2D eigenvalue weighted by Crippen LogP contribution is 2.17. The lowest BCUT2D eigenvalue weighted by Crippen LogP contribution is -2.31. The number of methoxy groups -OCH3 is 1. The van der Waals surface area contributed by atoms with Crippen molar-refractivity contribution >= 4 is 33.5 Å². The zero-order chi connectivity index (χ0) is 12.8. The number of carbonyl (C=O) groups excluding carboxylic acids is 1. The molecule has 0 aliphatic rings. The van der Waals surface area contributed by atoms with Crippen molar-refractivity contribution in [1.82, 2.24) is 4.90 Å². The number of hydrogen-bond acceptors (Lipinski definition) is 3. The van der Waals surface area contributed by atoms with Gasteiger partial charge in [-0.2, -0.15) is 0 Å². The predicted octanol–water partition coefficient (Wildman–Crippen LogP) is 2.71. The largest absolute Gasteiger partial charge is 0.468 e. The van der Waals surface area contributed by atoms with Crippen LogP contribution in [0.15, 0.2) is 24.3 Å². The summed E-state index contributed by atoms with van der Waals surface area (Å²) < 4.78 is 4.65. The van der Waals surface area contributed by atoms with Gasteiger partial charge in [0.2, 0.25) is 0 Å². The summed E-state index contributed by atoms with van der Waals surface area (Å²) in [4.78, 5) is 12.9. The van der Waals surface area contributed by atoms with Crippen molar-refractivity contribution in [3.8, 4) is 0 Å². The molecule has 0 fully saturated rings. The molecule has 3 nitrogen and oxygen atoms in total. The van der Waals surface area contributed by atoms with Gasteiger partial charge in [-0.15, -0.1) is 0 Å². The van der Waals surface area contributed by atoms with Gasteiger partial charge in [-0.25, -0.2) is 0 Å². The van der Waals surface area contributed by atoms with Crippen molar-refractivity contribution < 1.29 is 9.53 Å². The summed E-state index contributed by atoms with van der Waals surface area (Å²) in [5, 5.41) is 0.739. The van der Waals surface area contributed by atoms with E-state index in [1.165, 1.54) is 7.11 Å². The Kier molecular flexibility index (Phi) is 5.95. The van der Waals surface area contributed by atoms with Crippen molar-refractivity contribution in [1.29, 1.82) is 0 Å². The van der Waals surface area contributed by atoms with Crippen LogP contribution in [0.5, 0.6) is 0 Å². The molecule has 0 spiro atoms. The molecule has 1 rings (SSSR count). The molecule has 0 saturated heterocycles. The van der Waals surface area contributed by atoms with Crippen LogP contribution in [0.1, 0.15) is 5.56 Å². The number of ether oxygens (including phenoxy) is 1. The number of nitrogens with zero attached hydrogens (tertiary/aromatic N) is 1. The molecule has 17 heavy (non-hydrogen) atoms. The van der Waals surface area contributed by atoms with Crippen LogP contribution in [0.2, 0.25) is 5.02 Å². The number of benzene rings is 1. The highest BCUT2D eigenvalue weighted by molar-refractivity contribution is 9.10. The first kappa shape index (κ1) is 14.5. The molecule has 0 radical (unpaired) electrons. The van der Waals surface area contributed by atoms with Gasteiger partial charge in [-0.3, -0.25) is 4.79 Å². The first-order chi connectivity index (χ1) is 8.04. The van der Waals surface area contributed by atoms with Crippen LogP contribution in [-0.4, -0.2) is 36.4 Å². The summed E-state index contributed by atoms with van der Waals surface area (Å²) in [5.41, 5.74) is 1.04. The van der Waals surface area contributed by atoms with Gasteiger partial charge in [0.05, 0.1) is 7.11 Å². The average Bonchev–Trinajstić information content (AvgIpc) is 2.31. The molecule has 5 heteroatoms. The standard InChI is InChI=1S/C12H15BrClNO2/c1-15(8-10(13)12(16)17-2)7-9-5-3-4-6-11(9)14/h3-6,10H,7-8H2,1-2H3. The fourth-order valence-corrected chi connectivity index (χ4v) is 2.33. The van der Waals surface area contributed by atoms with E-state index in [0.717, 1.165) is 10.6 Å². The van der Waals surface area contributed by atoms with E-state index < -0.39 is 0 Å². The highest BCUT2D eigenvalue weighted by atomic mass is 79.9. The second-order valence-corrected chi connectivity index (χ2v) is 5.29. The Hall–Kier alpha value is -0.580. The number of halogens is 2. The van der Waals surface area contributed by atoms with E-state index in [1.807, 2.05) is 36.2 Å². The minimum atomic E-state index is -0.319. The van der Waals surface area contributed by atoms with Crippen molar-refractivity contribution in [2.24, 2.45) is 0 Å². The second kappa shape index (κ2) is 6.99. The minimum absolute atomic E-state index is 0.268. The summed E-state index contributed by atoms with van der Waals surface area (Å²) in [7, 11) is 3.31. The molecule has 1 aromatic carbocycles. The molecule has 0 aromatic heterocycles. The van der Waals surface area contributed by atoms with Crippen LogP contribution in [0.3, 0.4) is 0 Å². The maximum atomic E-state index is 11.2. The molecule has 94 valence electrons. The van der Waals surface area contributed by atoms with E-state index in [4.69, 9.17) is 11.6 Å². The Morgan fingerprint density at radius 1 is 1.53 bits per heavy atom. The van der Waals surface area contributed by atoms with Crippen LogP contribution in [-0.2, 0) is 16.1 Å². The average molecular weight is 321 g/mol. The predicted molar refractivity (Wildman–Crippen MR) is 72.5 cm³/mol. The van der Waals surface area contributed by atoms with Crippen molar-refractivity contribution in [2.75, 3.05) is 20.7 Å². The van der Waals surface area contributed by atoms with E-state index in [9.17, 15) is 4.79 Å². The van der Waals surface area contributed by atoms with Gasteiger partial charge in [-0.05, 0) is 18.7 Å². The number of alkyl halides is 1. The van der Waals surface area contributed by atoms with Gasteiger partial charge in [0.15, 0.2) is 0 Å². The third-order valence-corrected chi connectivity index (χ3v) is 3.36. The molecule has 0 saturated carbocycles. The summed E-state index contributed by atoms with van der Waals surface area (Å²) >= 11 is 9.35. The Morgan fingerprint density at radius 2 is 2.18 bits per heavy atom. The number of rotatable bonds is 5. The van der Waals surface area contributed by atoms with Gasteiger partial charge >= 0.3 is 5.97 Å². The molecule has 1 unspecified atom stereocenters. The zero-order valence-corrected chi connectivity index (χ0v) is 12.2. The van der Waals surface area contributed by atoms with E-state index in [2.05, 4.69) is 20.7 Å². The third-order valence-electron chi connectivity index (χ3n) is 2.33. The third kappa shape index (κ3) is 4.66. The van der Waals surface area contributed by atoms with Gasteiger partial charge in [0, 0.05) is 18.1 Å². The van der Waals surface area contributed by atoms with E-state index in [0.29, 0.717) is 13.1 Å². The lowest BCUT2D eigenvalue weighted by atomic mass is 10.2. The molecular formula is C12H15BrClNO2. The van der Waals surface area contributed by atoms with Gasteiger partial charge in [0.1, 0.15) is 4.83 Å². The number of hydrogen-bond donors (Lipinski definition) is 0. The fraction of sp³-hybridized carbons (Fsp3) is 0.417. The van der Waals surface area contributed by atoms with Crippen molar-refractivity contribution in [3.05, 3.63) is 34.9 Å². The topological polar surface area (TPSA) is 29.5 Å². The lowest BCUT2D eigenvalue weighted by molar-refractivity contribution is -0.140. The van der Waals surface area contributed by atoms with E-state index in [-0.39, 0.29) is 10.8 Å². The first-order valence-electron chi connectivity index (χ1n) is 5.18. The fourth-order valence-electron chi connectivity index (χ4n) is 1.46. The maximum Gasteiger partial charge on any atom is 0.320 e. The molecule has 0 amide bonds. The van der Waals surface area contributed by atoms with Crippen LogP contribution in [0.25, 0.3) is 0 Å². The lowest BCUT2D eigenvalue weighted by Gasteiger charge is -2.19. The van der Waals surface area contributed by atoms with Gasteiger partial charge < -0.3 is 9.64 Å². The minimum Gasteiger partial charge on any atom is -0.468 e. The summed E-state index contributed by atoms with van der Waals surface area (Å²) in [5.74, 6) is -0.268. The molecule has 1 atom stereocenters. The van der Waals surface area contributed by atoms with Crippen LogP contribution < -0.4 is 0 Å². The van der Waals surface area contributed by atoms with Crippen LogP contribution in [0.4, 0.5) is 0 Å². The molecule has 1 aromatic rings. The normalized spacial score (nSPS) is 12.5. The molecule has 0 aliphatic carbocycles. The number of esters is 1. The first-order valence-corrected chi connectivity index (χ1v) is 6.47. The SMILES string of the molecule is COC(=O)C(Br)CN(C)Cc1ccccc1Cl. The van der Waals surface area contributed by atoms with Crippen LogP contribution in [0, 0.1) is 0 Å². The molecular weight excluding hydrogens is 305 g/mol. The van der Waals surface area contributed by atoms with Gasteiger partial charge in [-0.1, -0.05) is 45.7 Å². The monoisotopic (exact) mass is 319 g/mol. The molecule has 0 heterocycles. The summed E-state index contributed by atoms with van der Waals surface area (Å²) in [6, 6.07) is 7.67. The van der Waals surface area contributed by atoms with E-state index >= 15 is 0 Å². The second-order valence-electron chi connectivity index (χ2n) is 3.78. The maximum absolute atomic E-state index is 11.2. The van der Waals surface area contributed by atoms with Crippen molar-refractivity contribution in [2.45, 2.75) is 11.4 Å². The Bertz CT molecular complexity index is 387. The Labute approximate surface area is 115 Å². The molecule has 0 bridgehead atoms. The van der Waals surface area contributed by atoms with Crippen LogP contribution >= 0.6 is 27.5 Å². The zero-order valence-electron chi connectivity index (χ0n) is 9.82. The molecule has 0 aliphatic heterocycles. The number of carbonyl (C=O) groups is 1. The molecule has 0 N–H and O–H groups in total. The summed E-state index contributed by atoms with van der Waals surface area (Å²) in [6.45, 7) is 1.26. The quantitative estimate of drug-likeness (QED) is 0.617. The van der Waals surface area contributed by atoms with Gasteiger partial charge in [0.25, 0.3) is 0 Å². The van der Waals surface area contributed by atoms with E-state index in [1.54, 1.807) is 0 Å².